The SMILES string of the molecule is COc1cc2c(cc1S)O[C@@H](C[C@H](c1ccc3c(c1)OCO3)C(C)O)C2. The van der Waals surface area contributed by atoms with Gasteiger partial charge in [0.05, 0.1) is 13.2 Å². The molecule has 0 amide bonds. The van der Waals surface area contributed by atoms with Crippen molar-refractivity contribution in [3.63, 3.8) is 0 Å². The van der Waals surface area contributed by atoms with Gasteiger partial charge in [0.2, 0.25) is 6.79 Å². The molecule has 2 aromatic rings. The third-order valence-electron chi connectivity index (χ3n) is 5.03. The van der Waals surface area contributed by atoms with Crippen LogP contribution in [0.25, 0.3) is 0 Å². The van der Waals surface area contributed by atoms with Crippen LogP contribution in [0.3, 0.4) is 0 Å². The van der Waals surface area contributed by atoms with E-state index in [2.05, 4.69) is 12.6 Å². The highest BCUT2D eigenvalue weighted by Gasteiger charge is 2.30. The van der Waals surface area contributed by atoms with E-state index in [-0.39, 0.29) is 18.8 Å². The minimum atomic E-state index is -0.502. The van der Waals surface area contributed by atoms with Crippen LogP contribution in [0, 0.1) is 0 Å². The van der Waals surface area contributed by atoms with Crippen LogP contribution in [0.1, 0.15) is 30.4 Å². The second-order valence-corrected chi connectivity index (χ2v) is 7.25. The van der Waals surface area contributed by atoms with Crippen molar-refractivity contribution in [1.82, 2.24) is 0 Å². The zero-order valence-corrected chi connectivity index (χ0v) is 15.7. The summed E-state index contributed by atoms with van der Waals surface area (Å²) in [5.41, 5.74) is 2.14. The lowest BCUT2D eigenvalue weighted by molar-refractivity contribution is 0.124. The topological polar surface area (TPSA) is 57.2 Å². The van der Waals surface area contributed by atoms with Gasteiger partial charge < -0.3 is 24.1 Å². The van der Waals surface area contributed by atoms with E-state index in [0.717, 1.165) is 45.4 Å². The van der Waals surface area contributed by atoms with Crippen molar-refractivity contribution in [2.75, 3.05) is 13.9 Å². The molecule has 1 N–H and O–H groups in total. The number of hydrogen-bond donors (Lipinski definition) is 2. The normalized spacial score (nSPS) is 19.6. The second kappa shape index (κ2) is 6.93. The molecule has 26 heavy (non-hydrogen) atoms. The molecule has 2 aliphatic heterocycles. The summed E-state index contributed by atoms with van der Waals surface area (Å²) in [5, 5.41) is 10.4. The molecular weight excluding hydrogens is 352 g/mol. The van der Waals surface area contributed by atoms with E-state index in [1.165, 1.54) is 0 Å². The first-order chi connectivity index (χ1) is 12.5. The van der Waals surface area contributed by atoms with Gasteiger partial charge in [-0.1, -0.05) is 6.07 Å². The van der Waals surface area contributed by atoms with Crippen LogP contribution < -0.4 is 18.9 Å². The largest absolute Gasteiger partial charge is 0.496 e. The van der Waals surface area contributed by atoms with Crippen molar-refractivity contribution in [3.8, 4) is 23.0 Å². The molecule has 0 radical (unpaired) electrons. The van der Waals surface area contributed by atoms with Crippen LogP contribution in [0.5, 0.6) is 23.0 Å². The van der Waals surface area contributed by atoms with E-state index >= 15 is 0 Å². The molecule has 2 aliphatic rings. The summed E-state index contributed by atoms with van der Waals surface area (Å²) in [5.74, 6) is 3.01. The second-order valence-electron chi connectivity index (χ2n) is 6.77. The molecule has 0 aromatic heterocycles. The summed E-state index contributed by atoms with van der Waals surface area (Å²) in [4.78, 5) is 0.759. The molecule has 2 heterocycles. The van der Waals surface area contributed by atoms with Crippen LogP contribution in [-0.2, 0) is 6.42 Å². The molecule has 138 valence electrons. The number of fused-ring (bicyclic) bond motifs is 2. The van der Waals surface area contributed by atoms with Crippen LogP contribution >= 0.6 is 12.6 Å². The van der Waals surface area contributed by atoms with Gasteiger partial charge in [0.1, 0.15) is 17.6 Å². The molecule has 2 aromatic carbocycles. The van der Waals surface area contributed by atoms with Gasteiger partial charge >= 0.3 is 0 Å². The van der Waals surface area contributed by atoms with E-state index in [1.807, 2.05) is 37.3 Å². The third kappa shape index (κ3) is 3.19. The molecule has 0 aliphatic carbocycles. The van der Waals surface area contributed by atoms with Gasteiger partial charge in [-0.25, -0.2) is 0 Å². The fraction of sp³-hybridized carbons (Fsp3) is 0.400. The first-order valence-corrected chi connectivity index (χ1v) is 9.14. The maximum absolute atomic E-state index is 10.4. The van der Waals surface area contributed by atoms with Gasteiger partial charge in [0.25, 0.3) is 0 Å². The van der Waals surface area contributed by atoms with E-state index < -0.39 is 6.10 Å². The summed E-state index contributed by atoms with van der Waals surface area (Å²) in [6.07, 6.45) is 0.983. The summed E-state index contributed by atoms with van der Waals surface area (Å²) in [6.45, 7) is 2.05. The molecule has 0 saturated heterocycles. The molecule has 0 saturated carbocycles. The molecule has 0 bridgehead atoms. The van der Waals surface area contributed by atoms with Crippen molar-refractivity contribution < 1.29 is 24.1 Å². The van der Waals surface area contributed by atoms with E-state index in [4.69, 9.17) is 18.9 Å². The predicted molar refractivity (Wildman–Crippen MR) is 100.0 cm³/mol. The van der Waals surface area contributed by atoms with Crippen molar-refractivity contribution in [1.29, 1.82) is 0 Å². The van der Waals surface area contributed by atoms with Crippen molar-refractivity contribution >= 4 is 12.6 Å². The Labute approximate surface area is 158 Å². The number of aliphatic hydroxyl groups is 1. The third-order valence-corrected chi connectivity index (χ3v) is 5.38. The standard InChI is InChI=1S/C20H22O5S/c1-11(21)15(12-3-4-16-18(6-12)24-10-23-16)8-14-5-13-7-19(22-2)20(26)9-17(13)25-14/h3-4,6-7,9,11,14-15,21,26H,5,8,10H2,1-2H3/t11?,14-,15+/m1/s1. The highest BCUT2D eigenvalue weighted by molar-refractivity contribution is 7.80. The Kier molecular flexibility index (Phi) is 4.63. The number of ether oxygens (including phenoxy) is 4. The lowest BCUT2D eigenvalue weighted by atomic mass is 9.87. The molecular formula is C20H22O5S. The smallest absolute Gasteiger partial charge is 0.231 e. The monoisotopic (exact) mass is 374 g/mol. The van der Waals surface area contributed by atoms with Crippen LogP contribution in [-0.4, -0.2) is 31.2 Å². The van der Waals surface area contributed by atoms with Gasteiger partial charge in [-0.3, -0.25) is 0 Å². The molecule has 3 atom stereocenters. The Balaban J connectivity index is 1.53. The Morgan fingerprint density at radius 1 is 1.19 bits per heavy atom. The van der Waals surface area contributed by atoms with Crippen LogP contribution in [0.15, 0.2) is 35.2 Å². The van der Waals surface area contributed by atoms with Crippen LogP contribution in [0.2, 0.25) is 0 Å². The number of rotatable bonds is 5. The Hall–Kier alpha value is -2.05. The van der Waals surface area contributed by atoms with E-state index in [1.54, 1.807) is 7.11 Å². The highest BCUT2D eigenvalue weighted by Crippen LogP contribution is 2.41. The molecule has 1 unspecified atom stereocenters. The van der Waals surface area contributed by atoms with Gasteiger partial charge in [-0.15, -0.1) is 12.6 Å². The van der Waals surface area contributed by atoms with E-state index in [0.29, 0.717) is 6.42 Å². The fourth-order valence-electron chi connectivity index (χ4n) is 3.66. The molecule has 6 heteroatoms. The minimum Gasteiger partial charge on any atom is -0.496 e. The van der Waals surface area contributed by atoms with Crippen LogP contribution in [0.4, 0.5) is 0 Å². The van der Waals surface area contributed by atoms with Crippen molar-refractivity contribution in [2.45, 2.75) is 42.8 Å². The van der Waals surface area contributed by atoms with Crippen molar-refractivity contribution in [3.05, 3.63) is 41.5 Å². The quantitative estimate of drug-likeness (QED) is 0.784. The Morgan fingerprint density at radius 3 is 2.77 bits per heavy atom. The fourth-order valence-corrected chi connectivity index (χ4v) is 3.93. The summed E-state index contributed by atoms with van der Waals surface area (Å²) in [7, 11) is 1.64. The molecule has 4 rings (SSSR count). The summed E-state index contributed by atoms with van der Waals surface area (Å²) < 4.78 is 22.3. The molecule has 0 fully saturated rings. The average molecular weight is 374 g/mol. The first-order valence-electron chi connectivity index (χ1n) is 8.69. The van der Waals surface area contributed by atoms with Gasteiger partial charge in [0, 0.05) is 22.8 Å². The molecule has 0 spiro atoms. The Morgan fingerprint density at radius 2 is 2.00 bits per heavy atom. The van der Waals surface area contributed by atoms with Gasteiger partial charge in [-0.2, -0.15) is 0 Å². The Bertz CT molecular complexity index is 820. The predicted octanol–water partition coefficient (Wildman–Crippen LogP) is 3.57. The number of hydrogen-bond acceptors (Lipinski definition) is 6. The molecule has 5 nitrogen and oxygen atoms in total. The van der Waals surface area contributed by atoms with Gasteiger partial charge in [0.15, 0.2) is 11.5 Å². The lowest BCUT2D eigenvalue weighted by Crippen LogP contribution is -2.23. The number of methoxy groups -OCH3 is 1. The summed E-state index contributed by atoms with van der Waals surface area (Å²) in [6, 6.07) is 9.72. The zero-order chi connectivity index (χ0) is 18.3. The van der Waals surface area contributed by atoms with E-state index in [9.17, 15) is 5.11 Å². The maximum Gasteiger partial charge on any atom is 0.231 e. The highest BCUT2D eigenvalue weighted by atomic mass is 32.1. The maximum atomic E-state index is 10.4. The number of thiol groups is 1. The minimum absolute atomic E-state index is 0.00476. The van der Waals surface area contributed by atoms with Crippen molar-refractivity contribution in [2.24, 2.45) is 0 Å². The lowest BCUT2D eigenvalue weighted by Gasteiger charge is -2.24. The zero-order valence-electron chi connectivity index (χ0n) is 14.8. The first kappa shape index (κ1) is 17.4. The average Bonchev–Trinajstić information content (AvgIpc) is 3.23. The summed E-state index contributed by atoms with van der Waals surface area (Å²) >= 11 is 4.43. The number of aliphatic hydroxyl groups excluding tert-OH is 1. The number of benzene rings is 2. The van der Waals surface area contributed by atoms with Gasteiger partial charge in [-0.05, 0) is 43.2 Å².